The van der Waals surface area contributed by atoms with Gasteiger partial charge < -0.3 is 14.4 Å². The van der Waals surface area contributed by atoms with Gasteiger partial charge in [0.15, 0.2) is 11.5 Å². The zero-order valence-corrected chi connectivity index (χ0v) is 14.7. The molecule has 0 N–H and O–H groups in total. The first-order chi connectivity index (χ1) is 11.7. The number of rotatable bonds is 7. The summed E-state index contributed by atoms with van der Waals surface area (Å²) in [7, 11) is 3.24. The maximum atomic E-state index is 13.2. The molecule has 1 aromatic carbocycles. The molecule has 0 atom stereocenters. The van der Waals surface area contributed by atoms with Gasteiger partial charge in [0.25, 0.3) is 5.91 Å². The van der Waals surface area contributed by atoms with Crippen molar-refractivity contribution in [3.05, 3.63) is 35.9 Å². The highest BCUT2D eigenvalue weighted by molar-refractivity contribution is 5.96. The summed E-state index contributed by atoms with van der Waals surface area (Å²) in [5, 5.41) is 0. The van der Waals surface area contributed by atoms with Gasteiger partial charge in [0.05, 0.1) is 14.2 Å². The van der Waals surface area contributed by atoms with Crippen LogP contribution in [0, 0.1) is 0 Å². The Bertz CT molecular complexity index is 616. The van der Waals surface area contributed by atoms with Crippen LogP contribution in [0.5, 0.6) is 11.5 Å². The zero-order valence-electron chi connectivity index (χ0n) is 14.7. The topological polar surface area (TPSA) is 38.8 Å². The molecule has 24 heavy (non-hydrogen) atoms. The van der Waals surface area contributed by atoms with Crippen LogP contribution in [0.4, 0.5) is 0 Å². The summed E-state index contributed by atoms with van der Waals surface area (Å²) in [6.45, 7) is 3.81. The predicted octanol–water partition coefficient (Wildman–Crippen LogP) is 3.98. The Morgan fingerprint density at radius 3 is 2.38 bits per heavy atom. The first-order valence-electron chi connectivity index (χ1n) is 8.88. The smallest absolute Gasteiger partial charge is 0.254 e. The summed E-state index contributed by atoms with van der Waals surface area (Å²) < 4.78 is 10.9. The third kappa shape index (κ3) is 3.28. The van der Waals surface area contributed by atoms with E-state index in [2.05, 4.69) is 11.5 Å². The predicted molar refractivity (Wildman–Crippen MR) is 94.9 cm³/mol. The van der Waals surface area contributed by atoms with Crippen molar-refractivity contribution in [1.29, 1.82) is 0 Å². The highest BCUT2D eigenvalue weighted by Gasteiger charge is 2.39. The summed E-state index contributed by atoms with van der Waals surface area (Å²) >= 11 is 0. The fourth-order valence-electron chi connectivity index (χ4n) is 3.79. The number of nitrogens with zero attached hydrogens (tertiary/aromatic N) is 1. The molecule has 2 fully saturated rings. The van der Waals surface area contributed by atoms with Crippen LogP contribution in [0.15, 0.2) is 24.8 Å². The van der Waals surface area contributed by atoms with Crippen molar-refractivity contribution in [2.45, 2.75) is 57.0 Å². The Hall–Kier alpha value is -1.97. The van der Waals surface area contributed by atoms with Crippen LogP contribution in [-0.4, -0.2) is 37.1 Å². The lowest BCUT2D eigenvalue weighted by Gasteiger charge is -2.29. The van der Waals surface area contributed by atoms with E-state index in [0.717, 1.165) is 31.2 Å². The molecule has 0 radical (unpaired) electrons. The number of allylic oxidation sites excluding steroid dienone is 1. The van der Waals surface area contributed by atoms with Gasteiger partial charge in [0, 0.05) is 23.2 Å². The summed E-state index contributed by atoms with van der Waals surface area (Å²) in [6.07, 6.45) is 9.46. The van der Waals surface area contributed by atoms with Crippen molar-refractivity contribution in [2.75, 3.05) is 14.2 Å². The summed E-state index contributed by atoms with van der Waals surface area (Å²) in [5.74, 6) is 1.44. The van der Waals surface area contributed by atoms with Crippen LogP contribution in [0.1, 0.15) is 54.4 Å². The average Bonchev–Trinajstić information content (AvgIpc) is 3.28. The Morgan fingerprint density at radius 2 is 1.83 bits per heavy atom. The Balaban J connectivity index is 1.95. The maximum Gasteiger partial charge on any atom is 0.254 e. The SMILES string of the molecule is C=CCc1cc(C(=O)N(C2CCCC2)C2CC2)cc(OC)c1OC. The molecule has 4 heteroatoms. The summed E-state index contributed by atoms with van der Waals surface area (Å²) in [6, 6.07) is 4.59. The maximum absolute atomic E-state index is 13.2. The number of amides is 1. The van der Waals surface area contributed by atoms with Gasteiger partial charge >= 0.3 is 0 Å². The monoisotopic (exact) mass is 329 g/mol. The Morgan fingerprint density at radius 1 is 1.17 bits per heavy atom. The van der Waals surface area contributed by atoms with Gasteiger partial charge in [0.2, 0.25) is 0 Å². The lowest BCUT2D eigenvalue weighted by Crippen LogP contribution is -2.40. The number of hydrogen-bond donors (Lipinski definition) is 0. The molecule has 0 bridgehead atoms. The van der Waals surface area contributed by atoms with Crippen LogP contribution in [0.25, 0.3) is 0 Å². The molecule has 2 saturated carbocycles. The molecule has 0 saturated heterocycles. The molecule has 2 aliphatic rings. The first kappa shape index (κ1) is 16.9. The lowest BCUT2D eigenvalue weighted by atomic mass is 10.0. The van der Waals surface area contributed by atoms with E-state index >= 15 is 0 Å². The molecule has 0 heterocycles. The van der Waals surface area contributed by atoms with Crippen molar-refractivity contribution in [3.63, 3.8) is 0 Å². The van der Waals surface area contributed by atoms with Crippen molar-refractivity contribution in [2.24, 2.45) is 0 Å². The van der Waals surface area contributed by atoms with E-state index in [4.69, 9.17) is 9.47 Å². The lowest BCUT2D eigenvalue weighted by molar-refractivity contribution is 0.0664. The molecule has 3 rings (SSSR count). The quantitative estimate of drug-likeness (QED) is 0.710. The van der Waals surface area contributed by atoms with Gasteiger partial charge in [-0.05, 0) is 44.2 Å². The van der Waals surface area contributed by atoms with Crippen molar-refractivity contribution in [1.82, 2.24) is 4.90 Å². The molecule has 1 aromatic rings. The second-order valence-electron chi connectivity index (χ2n) is 6.75. The third-order valence-electron chi connectivity index (χ3n) is 5.06. The van der Waals surface area contributed by atoms with Crippen LogP contribution < -0.4 is 9.47 Å². The number of carbonyl (C=O) groups is 1. The molecular weight excluding hydrogens is 302 g/mol. The number of hydrogen-bond acceptors (Lipinski definition) is 3. The highest BCUT2D eigenvalue weighted by atomic mass is 16.5. The average molecular weight is 329 g/mol. The van der Waals surface area contributed by atoms with E-state index in [0.29, 0.717) is 35.6 Å². The number of carbonyl (C=O) groups excluding carboxylic acids is 1. The van der Waals surface area contributed by atoms with Crippen LogP contribution in [0.3, 0.4) is 0 Å². The highest BCUT2D eigenvalue weighted by Crippen LogP contribution is 2.38. The largest absolute Gasteiger partial charge is 0.493 e. The van der Waals surface area contributed by atoms with Crippen LogP contribution in [-0.2, 0) is 6.42 Å². The standard InChI is InChI=1S/C20H27NO3/c1-4-7-14-12-15(13-18(23-2)19(14)24-3)20(22)21(17-10-11-17)16-8-5-6-9-16/h4,12-13,16-17H,1,5-11H2,2-3H3. The van der Waals surface area contributed by atoms with Crippen LogP contribution in [0.2, 0.25) is 0 Å². The van der Waals surface area contributed by atoms with E-state index in [1.807, 2.05) is 18.2 Å². The minimum Gasteiger partial charge on any atom is -0.493 e. The minimum absolute atomic E-state index is 0.135. The molecule has 4 nitrogen and oxygen atoms in total. The van der Waals surface area contributed by atoms with Gasteiger partial charge in [-0.15, -0.1) is 6.58 Å². The van der Waals surface area contributed by atoms with Crippen molar-refractivity contribution < 1.29 is 14.3 Å². The summed E-state index contributed by atoms with van der Waals surface area (Å²) in [5.41, 5.74) is 1.64. The number of benzene rings is 1. The molecule has 2 aliphatic carbocycles. The normalized spacial score (nSPS) is 17.6. The molecule has 0 unspecified atom stereocenters. The van der Waals surface area contributed by atoms with Gasteiger partial charge in [-0.2, -0.15) is 0 Å². The molecule has 130 valence electrons. The zero-order chi connectivity index (χ0) is 17.1. The second-order valence-corrected chi connectivity index (χ2v) is 6.75. The van der Waals surface area contributed by atoms with Gasteiger partial charge in [-0.25, -0.2) is 0 Å². The van der Waals surface area contributed by atoms with Crippen LogP contribution >= 0.6 is 0 Å². The van der Waals surface area contributed by atoms with Gasteiger partial charge in [-0.1, -0.05) is 18.9 Å². The third-order valence-corrected chi connectivity index (χ3v) is 5.06. The minimum atomic E-state index is 0.135. The van der Waals surface area contributed by atoms with Gasteiger partial charge in [0.1, 0.15) is 0 Å². The van der Waals surface area contributed by atoms with E-state index in [1.165, 1.54) is 12.8 Å². The fraction of sp³-hybridized carbons (Fsp3) is 0.550. The molecular formula is C20H27NO3. The first-order valence-corrected chi connectivity index (χ1v) is 8.88. The molecule has 0 spiro atoms. The van der Waals surface area contributed by atoms with Crippen molar-refractivity contribution >= 4 is 5.91 Å². The fourth-order valence-corrected chi connectivity index (χ4v) is 3.79. The Labute approximate surface area is 144 Å². The molecule has 0 aromatic heterocycles. The Kier molecular flexibility index (Phi) is 5.12. The van der Waals surface area contributed by atoms with E-state index in [9.17, 15) is 4.79 Å². The van der Waals surface area contributed by atoms with E-state index in [1.54, 1.807) is 14.2 Å². The second kappa shape index (κ2) is 7.29. The van der Waals surface area contributed by atoms with E-state index in [-0.39, 0.29) is 5.91 Å². The van der Waals surface area contributed by atoms with E-state index < -0.39 is 0 Å². The van der Waals surface area contributed by atoms with Gasteiger partial charge in [-0.3, -0.25) is 4.79 Å². The number of ether oxygens (including phenoxy) is 2. The summed E-state index contributed by atoms with van der Waals surface area (Å²) in [4.78, 5) is 15.4. The number of methoxy groups -OCH3 is 2. The molecule has 0 aliphatic heterocycles. The molecule has 1 amide bonds. The van der Waals surface area contributed by atoms with Crippen molar-refractivity contribution in [3.8, 4) is 11.5 Å².